The lowest BCUT2D eigenvalue weighted by atomic mass is 9.93. The third-order valence-electron chi connectivity index (χ3n) is 8.45. The lowest BCUT2D eigenvalue weighted by Gasteiger charge is -2.27. The molecular weight excluding hydrogens is 653 g/mol. The predicted octanol–water partition coefficient (Wildman–Crippen LogP) is 6.73. The summed E-state index contributed by atoms with van der Waals surface area (Å²) in [5.41, 5.74) is 3.02. The first kappa shape index (κ1) is 34.5. The van der Waals surface area contributed by atoms with E-state index in [0.29, 0.717) is 68.8 Å². The Morgan fingerprint density at radius 3 is 2.44 bits per heavy atom. The third kappa shape index (κ3) is 6.89. The molecule has 4 aromatic carbocycles. The zero-order chi connectivity index (χ0) is 35.2. The molecule has 0 fully saturated rings. The number of fused-ring (bicyclic) bond motifs is 2. The van der Waals surface area contributed by atoms with Crippen LogP contribution >= 0.6 is 11.3 Å². The second kappa shape index (κ2) is 15.5. The maximum Gasteiger partial charge on any atom is 0.338 e. The number of aromatic nitrogens is 1. The van der Waals surface area contributed by atoms with Gasteiger partial charge in [-0.25, -0.2) is 9.79 Å². The molecule has 2 heterocycles. The second-order valence-electron chi connectivity index (χ2n) is 11.6. The van der Waals surface area contributed by atoms with E-state index >= 15 is 0 Å². The number of methoxy groups -OCH3 is 2. The Morgan fingerprint density at radius 2 is 1.68 bits per heavy atom. The molecule has 50 heavy (non-hydrogen) atoms. The zero-order valence-electron chi connectivity index (χ0n) is 28.9. The molecule has 0 spiro atoms. The smallest absolute Gasteiger partial charge is 0.338 e. The van der Waals surface area contributed by atoms with E-state index in [-0.39, 0.29) is 12.2 Å². The number of carbonyl (C=O) groups excluding carboxylic acids is 1. The first-order valence-corrected chi connectivity index (χ1v) is 17.5. The Morgan fingerprint density at radius 1 is 0.880 bits per heavy atom. The highest BCUT2D eigenvalue weighted by Gasteiger charge is 2.36. The van der Waals surface area contributed by atoms with E-state index in [1.54, 1.807) is 43.9 Å². The van der Waals surface area contributed by atoms with Crippen LogP contribution in [0.3, 0.4) is 0 Å². The fourth-order valence-electron chi connectivity index (χ4n) is 6.20. The molecule has 0 amide bonds. The number of rotatable bonds is 13. The maximum atomic E-state index is 14.4. The van der Waals surface area contributed by atoms with Crippen molar-refractivity contribution in [2.75, 3.05) is 27.4 Å². The van der Waals surface area contributed by atoms with Gasteiger partial charge in [0.25, 0.3) is 5.56 Å². The molecule has 9 nitrogen and oxygen atoms in total. The molecule has 0 saturated carbocycles. The van der Waals surface area contributed by atoms with Gasteiger partial charge < -0.3 is 23.7 Å². The van der Waals surface area contributed by atoms with Crippen LogP contribution in [0.4, 0.5) is 0 Å². The first-order chi connectivity index (χ1) is 24.4. The fourth-order valence-corrected chi connectivity index (χ4v) is 7.22. The number of thiazole rings is 1. The molecule has 1 aliphatic rings. The van der Waals surface area contributed by atoms with E-state index < -0.39 is 12.0 Å². The summed E-state index contributed by atoms with van der Waals surface area (Å²) in [7, 11) is 3.12. The quantitative estimate of drug-likeness (QED) is 0.126. The van der Waals surface area contributed by atoms with Crippen molar-refractivity contribution in [1.29, 1.82) is 0 Å². The number of hydrogen-bond acceptors (Lipinski definition) is 9. The largest absolute Gasteiger partial charge is 0.497 e. The van der Waals surface area contributed by atoms with Crippen LogP contribution in [0.5, 0.6) is 23.0 Å². The summed E-state index contributed by atoms with van der Waals surface area (Å²) in [6.07, 6.45) is 3.09. The predicted molar refractivity (Wildman–Crippen MR) is 195 cm³/mol. The third-order valence-corrected chi connectivity index (χ3v) is 9.44. The van der Waals surface area contributed by atoms with Gasteiger partial charge in [-0.3, -0.25) is 9.36 Å². The number of esters is 1. The summed E-state index contributed by atoms with van der Waals surface area (Å²) in [6.45, 7) is 6.68. The van der Waals surface area contributed by atoms with Crippen LogP contribution < -0.4 is 33.8 Å². The summed E-state index contributed by atoms with van der Waals surface area (Å²) < 4.78 is 31.1. The highest BCUT2D eigenvalue weighted by Crippen LogP contribution is 2.39. The van der Waals surface area contributed by atoms with Crippen LogP contribution in [-0.4, -0.2) is 38.0 Å². The van der Waals surface area contributed by atoms with Crippen molar-refractivity contribution in [2.24, 2.45) is 4.99 Å². The van der Waals surface area contributed by atoms with E-state index in [9.17, 15) is 9.59 Å². The molecule has 1 atom stereocenters. The number of ether oxygens (including phenoxy) is 5. The van der Waals surface area contributed by atoms with Crippen LogP contribution in [0.25, 0.3) is 16.8 Å². The minimum atomic E-state index is -0.845. The molecule has 10 heteroatoms. The molecule has 0 bridgehead atoms. The summed E-state index contributed by atoms with van der Waals surface area (Å²) in [5, 5.41) is 2.29. The van der Waals surface area contributed by atoms with Crippen molar-refractivity contribution >= 4 is 34.2 Å². The summed E-state index contributed by atoms with van der Waals surface area (Å²) in [5.74, 6) is 1.72. The Kier molecular flexibility index (Phi) is 10.7. The van der Waals surface area contributed by atoms with Gasteiger partial charge in [0, 0.05) is 5.56 Å². The molecule has 1 aliphatic heterocycles. The van der Waals surface area contributed by atoms with Gasteiger partial charge >= 0.3 is 5.97 Å². The molecule has 0 radical (unpaired) electrons. The van der Waals surface area contributed by atoms with Crippen molar-refractivity contribution in [1.82, 2.24) is 4.57 Å². The average molecular weight is 693 g/mol. The van der Waals surface area contributed by atoms with Gasteiger partial charge in [-0.1, -0.05) is 73.2 Å². The Hall–Kier alpha value is -5.35. The van der Waals surface area contributed by atoms with Gasteiger partial charge in [-0.2, -0.15) is 0 Å². The molecule has 0 N–H and O–H groups in total. The topological polar surface area (TPSA) is 97.6 Å². The fraction of sp³-hybridized carbons (Fsp3) is 0.275. The molecular formula is C40H40N2O7S. The van der Waals surface area contributed by atoms with Crippen LogP contribution in [0, 0.1) is 0 Å². The summed E-state index contributed by atoms with van der Waals surface area (Å²) >= 11 is 1.27. The Balaban J connectivity index is 1.44. The average Bonchev–Trinajstić information content (AvgIpc) is 3.44. The number of allylic oxidation sites excluding steroid dienone is 1. The van der Waals surface area contributed by atoms with Gasteiger partial charge in [-0.15, -0.1) is 0 Å². The molecule has 6 rings (SSSR count). The minimum absolute atomic E-state index is 0.179. The van der Waals surface area contributed by atoms with E-state index in [2.05, 4.69) is 24.3 Å². The highest BCUT2D eigenvalue weighted by molar-refractivity contribution is 7.07. The molecule has 0 aliphatic carbocycles. The van der Waals surface area contributed by atoms with Gasteiger partial charge in [0.1, 0.15) is 24.1 Å². The van der Waals surface area contributed by atoms with Gasteiger partial charge in [0.05, 0.1) is 43.2 Å². The normalized spacial score (nSPS) is 14.3. The molecule has 5 aromatic rings. The zero-order valence-corrected chi connectivity index (χ0v) is 29.7. The summed E-state index contributed by atoms with van der Waals surface area (Å²) in [6, 6.07) is 24.5. The Bertz CT molecular complexity index is 2250. The van der Waals surface area contributed by atoms with E-state index in [1.165, 1.54) is 11.3 Å². The van der Waals surface area contributed by atoms with Crippen molar-refractivity contribution in [3.63, 3.8) is 0 Å². The van der Waals surface area contributed by atoms with Crippen molar-refractivity contribution in [2.45, 2.75) is 46.3 Å². The monoisotopic (exact) mass is 692 g/mol. The van der Waals surface area contributed by atoms with Crippen LogP contribution in [-0.2, 0) is 16.1 Å². The standard InChI is InChI=1S/C40H40N2O7S/c1-6-12-31-36(39(44)48-8-3)37(30-23-28(45-4)18-20-32(30)46-5)42-38(43)35(50-40(42)41-31)22-25-17-19-33(34(21-25)47-7-2)49-24-27-15-11-14-26-13-9-10-16-29(26)27/h9-11,13-23,37H,6-8,12,24H2,1-5H3/b35-22-/t37-/m1/s1. The SMILES string of the molecule is CCCC1=C(C(=O)OCC)[C@@H](c2cc(OC)ccc2OC)n2c(s/c(=C\c3ccc(OCc4cccc5ccccc45)c(OCC)c3)c2=O)=N1. The van der Waals surface area contributed by atoms with Gasteiger partial charge in [0.2, 0.25) is 0 Å². The highest BCUT2D eigenvalue weighted by atomic mass is 32.1. The number of hydrogen-bond donors (Lipinski definition) is 0. The number of nitrogens with zero attached hydrogens (tertiary/aromatic N) is 2. The van der Waals surface area contributed by atoms with Gasteiger partial charge in [-0.05, 0) is 78.6 Å². The van der Waals surface area contributed by atoms with Crippen LogP contribution in [0.2, 0.25) is 0 Å². The summed E-state index contributed by atoms with van der Waals surface area (Å²) in [4.78, 5) is 33.3. The second-order valence-corrected chi connectivity index (χ2v) is 12.6. The van der Waals surface area contributed by atoms with E-state index in [1.807, 2.05) is 56.3 Å². The molecule has 258 valence electrons. The van der Waals surface area contributed by atoms with Crippen LogP contribution in [0.15, 0.2) is 99.9 Å². The molecule has 0 saturated heterocycles. The maximum absolute atomic E-state index is 14.4. The molecule has 0 unspecified atom stereocenters. The van der Waals surface area contributed by atoms with Crippen molar-refractivity contribution in [3.8, 4) is 23.0 Å². The van der Waals surface area contributed by atoms with Crippen molar-refractivity contribution in [3.05, 3.63) is 127 Å². The first-order valence-electron chi connectivity index (χ1n) is 16.7. The minimum Gasteiger partial charge on any atom is -0.497 e. The van der Waals surface area contributed by atoms with E-state index in [4.69, 9.17) is 28.7 Å². The lowest BCUT2D eigenvalue weighted by Crippen LogP contribution is -2.40. The van der Waals surface area contributed by atoms with Gasteiger partial charge in [0.15, 0.2) is 16.3 Å². The van der Waals surface area contributed by atoms with Crippen LogP contribution in [0.1, 0.15) is 56.3 Å². The molecule has 1 aromatic heterocycles. The number of benzene rings is 4. The van der Waals surface area contributed by atoms with E-state index in [0.717, 1.165) is 28.3 Å². The van der Waals surface area contributed by atoms with Crippen molar-refractivity contribution < 1.29 is 28.5 Å². The number of carbonyl (C=O) groups is 1. The lowest BCUT2D eigenvalue weighted by molar-refractivity contribution is -0.139. The Labute approximate surface area is 294 Å².